The van der Waals surface area contributed by atoms with Crippen LogP contribution in [0.15, 0.2) is 18.2 Å². The highest BCUT2D eigenvalue weighted by molar-refractivity contribution is 5.93. The molecule has 1 aromatic heterocycles. The van der Waals surface area contributed by atoms with E-state index in [2.05, 4.69) is 20.6 Å². The van der Waals surface area contributed by atoms with Gasteiger partial charge in [-0.25, -0.2) is 23.1 Å². The molecule has 0 unspecified atom stereocenters. The van der Waals surface area contributed by atoms with Crippen LogP contribution in [-0.2, 0) is 0 Å². The quantitative estimate of drug-likeness (QED) is 0.778. The largest absolute Gasteiger partial charge is 0.351 e. The molecule has 0 aliphatic rings. The lowest BCUT2D eigenvalue weighted by Gasteiger charge is -2.11. The summed E-state index contributed by atoms with van der Waals surface area (Å²) in [5.74, 6) is -3.79. The van der Waals surface area contributed by atoms with Crippen molar-refractivity contribution < 1.29 is 18.0 Å². The van der Waals surface area contributed by atoms with E-state index in [-0.39, 0.29) is 28.9 Å². The molecule has 0 fully saturated rings. The van der Waals surface area contributed by atoms with Crippen LogP contribution in [0.2, 0.25) is 0 Å². The summed E-state index contributed by atoms with van der Waals surface area (Å²) in [5, 5.41) is 5.27. The minimum Gasteiger partial charge on any atom is -0.351 e. The molecule has 5 nitrogen and oxygen atoms in total. The van der Waals surface area contributed by atoms with E-state index in [4.69, 9.17) is 0 Å². The van der Waals surface area contributed by atoms with Gasteiger partial charge in [-0.3, -0.25) is 4.79 Å². The molecule has 2 N–H and O–H groups in total. The average Bonchev–Trinajstić information content (AvgIpc) is 2.54. The average molecular weight is 352 g/mol. The van der Waals surface area contributed by atoms with Crippen molar-refractivity contribution in [3.8, 4) is 0 Å². The summed E-state index contributed by atoms with van der Waals surface area (Å²) < 4.78 is 40.0. The predicted octanol–water partition coefficient (Wildman–Crippen LogP) is 3.72. The van der Waals surface area contributed by atoms with E-state index in [0.29, 0.717) is 12.5 Å². The second-order valence-corrected chi connectivity index (χ2v) is 5.97. The van der Waals surface area contributed by atoms with Gasteiger partial charge >= 0.3 is 0 Å². The molecule has 0 saturated carbocycles. The second-order valence-electron chi connectivity index (χ2n) is 5.97. The Labute approximate surface area is 143 Å². The van der Waals surface area contributed by atoms with Gasteiger partial charge in [-0.05, 0) is 31.4 Å². The molecule has 2 rings (SSSR count). The molecule has 0 radical (unpaired) electrons. The van der Waals surface area contributed by atoms with Gasteiger partial charge in [0.1, 0.15) is 17.3 Å². The van der Waals surface area contributed by atoms with Crippen LogP contribution in [0.3, 0.4) is 0 Å². The Balaban J connectivity index is 2.19. The first kappa shape index (κ1) is 18.7. The molecule has 0 bridgehead atoms. The van der Waals surface area contributed by atoms with Crippen LogP contribution in [0.25, 0.3) is 0 Å². The van der Waals surface area contributed by atoms with Crippen molar-refractivity contribution in [1.29, 1.82) is 0 Å². The molecule has 8 heteroatoms. The highest BCUT2D eigenvalue weighted by Crippen LogP contribution is 2.23. The van der Waals surface area contributed by atoms with Crippen molar-refractivity contribution in [2.24, 2.45) is 5.92 Å². The predicted molar refractivity (Wildman–Crippen MR) is 88.2 cm³/mol. The van der Waals surface area contributed by atoms with Gasteiger partial charge in [-0.1, -0.05) is 13.8 Å². The van der Waals surface area contributed by atoms with Gasteiger partial charge in [0.05, 0.1) is 5.69 Å². The van der Waals surface area contributed by atoms with Crippen LogP contribution in [0.1, 0.15) is 36.6 Å². The molecular formula is C17H19F3N4O. The minimum absolute atomic E-state index is 0.0988. The Morgan fingerprint density at radius 2 is 1.88 bits per heavy atom. The fourth-order valence-corrected chi connectivity index (χ4v) is 2.07. The number of carbonyl (C=O) groups is 1. The summed E-state index contributed by atoms with van der Waals surface area (Å²) >= 11 is 0. The number of hydrogen-bond donors (Lipinski definition) is 2. The number of aromatic nitrogens is 2. The van der Waals surface area contributed by atoms with Crippen LogP contribution in [0.4, 0.5) is 24.7 Å². The van der Waals surface area contributed by atoms with E-state index in [1.54, 1.807) is 6.92 Å². The summed E-state index contributed by atoms with van der Waals surface area (Å²) in [6.07, 6.45) is 0.820. The Morgan fingerprint density at radius 3 is 2.56 bits per heavy atom. The minimum atomic E-state index is -1.58. The third-order valence-corrected chi connectivity index (χ3v) is 3.38. The van der Waals surface area contributed by atoms with Crippen molar-refractivity contribution in [1.82, 2.24) is 15.3 Å². The number of amides is 1. The molecule has 1 amide bonds. The van der Waals surface area contributed by atoms with Gasteiger partial charge < -0.3 is 10.6 Å². The summed E-state index contributed by atoms with van der Waals surface area (Å²) in [6, 6.07) is 3.17. The van der Waals surface area contributed by atoms with Gasteiger partial charge in [0.15, 0.2) is 17.5 Å². The van der Waals surface area contributed by atoms with Crippen molar-refractivity contribution >= 4 is 17.4 Å². The zero-order chi connectivity index (χ0) is 18.6. The molecular weight excluding hydrogens is 333 g/mol. The SMILES string of the molecule is Cc1nc(Nc2ccc(F)c(F)c2F)cc(C(=O)NCCC(C)C)n1. The first-order chi connectivity index (χ1) is 11.8. The molecule has 0 atom stereocenters. The summed E-state index contributed by atoms with van der Waals surface area (Å²) in [7, 11) is 0. The van der Waals surface area contributed by atoms with E-state index < -0.39 is 17.5 Å². The highest BCUT2D eigenvalue weighted by Gasteiger charge is 2.15. The molecule has 2 aromatic rings. The van der Waals surface area contributed by atoms with Crippen LogP contribution in [0, 0.1) is 30.3 Å². The number of halogens is 3. The molecule has 1 aromatic carbocycles. The van der Waals surface area contributed by atoms with Gasteiger partial charge in [0.25, 0.3) is 5.91 Å². The van der Waals surface area contributed by atoms with E-state index in [0.717, 1.165) is 18.6 Å². The third kappa shape index (κ3) is 4.91. The third-order valence-electron chi connectivity index (χ3n) is 3.38. The van der Waals surface area contributed by atoms with Crippen LogP contribution in [-0.4, -0.2) is 22.4 Å². The zero-order valence-electron chi connectivity index (χ0n) is 14.2. The van der Waals surface area contributed by atoms with Crippen LogP contribution in [0.5, 0.6) is 0 Å². The summed E-state index contributed by atoms with van der Waals surface area (Å²) in [4.78, 5) is 20.2. The van der Waals surface area contributed by atoms with Gasteiger partial charge in [-0.2, -0.15) is 0 Å². The molecule has 0 aliphatic carbocycles. The van der Waals surface area contributed by atoms with Crippen molar-refractivity contribution in [2.45, 2.75) is 27.2 Å². The Bertz CT molecular complexity index is 781. The van der Waals surface area contributed by atoms with E-state index in [9.17, 15) is 18.0 Å². The number of hydrogen-bond acceptors (Lipinski definition) is 4. The van der Waals surface area contributed by atoms with E-state index >= 15 is 0 Å². The Hall–Kier alpha value is -2.64. The molecule has 0 spiro atoms. The number of benzene rings is 1. The fraction of sp³-hybridized carbons (Fsp3) is 0.353. The molecule has 0 aliphatic heterocycles. The van der Waals surface area contributed by atoms with Gasteiger partial charge in [0, 0.05) is 12.6 Å². The van der Waals surface area contributed by atoms with Gasteiger partial charge in [0.2, 0.25) is 0 Å². The Morgan fingerprint density at radius 1 is 1.16 bits per heavy atom. The van der Waals surface area contributed by atoms with Gasteiger partial charge in [-0.15, -0.1) is 0 Å². The second kappa shape index (κ2) is 7.96. The van der Waals surface area contributed by atoms with Crippen molar-refractivity contribution in [2.75, 3.05) is 11.9 Å². The molecule has 25 heavy (non-hydrogen) atoms. The molecule has 0 saturated heterocycles. The number of carbonyl (C=O) groups excluding carboxylic acids is 1. The monoisotopic (exact) mass is 352 g/mol. The molecule has 134 valence electrons. The number of rotatable bonds is 6. The topological polar surface area (TPSA) is 66.9 Å². The number of nitrogens with one attached hydrogen (secondary N) is 2. The lowest BCUT2D eigenvalue weighted by Crippen LogP contribution is -2.26. The number of nitrogens with zero attached hydrogens (tertiary/aromatic N) is 2. The Kier molecular flexibility index (Phi) is 5.95. The lowest BCUT2D eigenvalue weighted by molar-refractivity contribution is 0.0946. The van der Waals surface area contributed by atoms with E-state index in [1.807, 2.05) is 13.8 Å². The van der Waals surface area contributed by atoms with Crippen LogP contribution < -0.4 is 10.6 Å². The van der Waals surface area contributed by atoms with E-state index in [1.165, 1.54) is 6.07 Å². The van der Waals surface area contributed by atoms with Crippen LogP contribution >= 0.6 is 0 Å². The number of anilines is 2. The maximum absolute atomic E-state index is 13.7. The smallest absolute Gasteiger partial charge is 0.270 e. The molecule has 1 heterocycles. The summed E-state index contributed by atoms with van der Waals surface area (Å²) in [5.41, 5.74) is -0.190. The first-order valence-electron chi connectivity index (χ1n) is 7.82. The summed E-state index contributed by atoms with van der Waals surface area (Å²) in [6.45, 7) is 6.15. The van der Waals surface area contributed by atoms with Crippen molar-refractivity contribution in [3.63, 3.8) is 0 Å². The first-order valence-corrected chi connectivity index (χ1v) is 7.82. The highest BCUT2D eigenvalue weighted by atomic mass is 19.2. The fourth-order valence-electron chi connectivity index (χ4n) is 2.07. The lowest BCUT2D eigenvalue weighted by atomic mass is 10.1. The normalized spacial score (nSPS) is 10.8. The maximum Gasteiger partial charge on any atom is 0.270 e. The standard InChI is InChI=1S/C17H19F3N4O/c1-9(2)6-7-21-17(25)13-8-14(23-10(3)22-13)24-12-5-4-11(18)15(19)16(12)20/h4-5,8-9H,6-7H2,1-3H3,(H,21,25)(H,22,23,24). The maximum atomic E-state index is 13.7. The zero-order valence-corrected chi connectivity index (χ0v) is 14.2. The number of aryl methyl sites for hydroxylation is 1. The van der Waals surface area contributed by atoms with Crippen molar-refractivity contribution in [3.05, 3.63) is 47.2 Å².